The number of para-hydroxylation sites is 1. The summed E-state index contributed by atoms with van der Waals surface area (Å²) in [4.78, 5) is 23.0. The van der Waals surface area contributed by atoms with Gasteiger partial charge in [0.1, 0.15) is 11.3 Å². The number of nitrogens with one attached hydrogen (secondary N) is 1. The molecule has 1 aromatic carbocycles. The first-order chi connectivity index (χ1) is 9.79. The topological polar surface area (TPSA) is 79.5 Å². The van der Waals surface area contributed by atoms with Gasteiger partial charge in [-0.15, -0.1) is 0 Å². The Kier molecular flexibility index (Phi) is 4.02. The maximum atomic E-state index is 11.9. The number of benzene rings is 1. The van der Waals surface area contributed by atoms with E-state index in [0.29, 0.717) is 5.76 Å². The predicted molar refractivity (Wildman–Crippen MR) is 78.8 cm³/mol. The number of furan rings is 1. The Hall–Kier alpha value is -2.30. The van der Waals surface area contributed by atoms with Gasteiger partial charge < -0.3 is 14.8 Å². The van der Waals surface area contributed by atoms with Crippen LogP contribution in [0.5, 0.6) is 0 Å². The number of aliphatic carboxylic acids is 1. The van der Waals surface area contributed by atoms with Crippen molar-refractivity contribution >= 4 is 22.8 Å². The molecule has 1 atom stereocenters. The van der Waals surface area contributed by atoms with E-state index in [1.54, 1.807) is 0 Å². The Bertz CT molecular complexity index is 639. The van der Waals surface area contributed by atoms with Crippen molar-refractivity contribution in [3.63, 3.8) is 0 Å². The summed E-state index contributed by atoms with van der Waals surface area (Å²) in [5.74, 6) is -0.651. The lowest BCUT2D eigenvalue weighted by molar-refractivity contribution is -0.149. The summed E-state index contributed by atoms with van der Waals surface area (Å²) >= 11 is 0. The van der Waals surface area contributed by atoms with Gasteiger partial charge in [-0.1, -0.05) is 18.2 Å². The minimum absolute atomic E-state index is 0.0765. The number of carbonyl (C=O) groups excluding carboxylic acids is 1. The Morgan fingerprint density at radius 2 is 2.00 bits per heavy atom. The van der Waals surface area contributed by atoms with Crippen molar-refractivity contribution in [1.29, 1.82) is 0 Å². The molecular weight excluding hydrogens is 270 g/mol. The van der Waals surface area contributed by atoms with Crippen LogP contribution in [0.4, 0.5) is 0 Å². The molecule has 5 heteroatoms. The summed E-state index contributed by atoms with van der Waals surface area (Å²) in [5, 5.41) is 12.8. The van der Waals surface area contributed by atoms with E-state index in [-0.39, 0.29) is 18.4 Å². The van der Waals surface area contributed by atoms with Gasteiger partial charge in [0.25, 0.3) is 0 Å². The molecule has 2 aromatic rings. The van der Waals surface area contributed by atoms with Crippen LogP contribution in [0.15, 0.2) is 34.7 Å². The van der Waals surface area contributed by atoms with Crippen LogP contribution >= 0.6 is 0 Å². The van der Waals surface area contributed by atoms with Gasteiger partial charge >= 0.3 is 5.97 Å². The number of rotatable bonds is 5. The summed E-state index contributed by atoms with van der Waals surface area (Å²) in [6.07, 6.45) is -0.0765. The average molecular weight is 289 g/mol. The monoisotopic (exact) mass is 289 g/mol. The lowest BCUT2D eigenvalue weighted by atomic mass is 9.89. The van der Waals surface area contributed by atoms with E-state index in [0.717, 1.165) is 11.0 Å². The molecule has 0 aliphatic carbocycles. The molecule has 0 saturated carbocycles. The van der Waals surface area contributed by atoms with Gasteiger partial charge in [-0.2, -0.15) is 0 Å². The molecule has 0 aliphatic rings. The fourth-order valence-electron chi connectivity index (χ4n) is 2.06. The van der Waals surface area contributed by atoms with Crippen LogP contribution in [-0.4, -0.2) is 17.0 Å². The zero-order valence-corrected chi connectivity index (χ0v) is 12.3. The molecule has 112 valence electrons. The Labute approximate surface area is 122 Å². The normalized spacial score (nSPS) is 13.1. The summed E-state index contributed by atoms with van der Waals surface area (Å²) in [5.41, 5.74) is -0.322. The highest BCUT2D eigenvalue weighted by Crippen LogP contribution is 2.25. The molecule has 1 unspecified atom stereocenters. The van der Waals surface area contributed by atoms with Gasteiger partial charge in [0.05, 0.1) is 11.5 Å². The van der Waals surface area contributed by atoms with Crippen molar-refractivity contribution in [2.45, 2.75) is 33.2 Å². The molecule has 0 spiro atoms. The molecular formula is C16H19NO4. The molecule has 0 bridgehead atoms. The van der Waals surface area contributed by atoms with Crippen LogP contribution in [-0.2, 0) is 9.59 Å². The number of carboxylic acid groups (broad SMARTS) is 1. The van der Waals surface area contributed by atoms with Crippen molar-refractivity contribution in [2.24, 2.45) is 5.41 Å². The zero-order valence-electron chi connectivity index (χ0n) is 12.3. The van der Waals surface area contributed by atoms with Crippen LogP contribution in [0, 0.1) is 5.41 Å². The largest absolute Gasteiger partial charge is 0.481 e. The van der Waals surface area contributed by atoms with Crippen molar-refractivity contribution < 1.29 is 19.1 Å². The molecule has 0 saturated heterocycles. The van der Waals surface area contributed by atoms with Gasteiger partial charge in [-0.25, -0.2) is 0 Å². The molecule has 2 N–H and O–H groups in total. The fourth-order valence-corrected chi connectivity index (χ4v) is 2.06. The average Bonchev–Trinajstić information content (AvgIpc) is 2.81. The third-order valence-corrected chi connectivity index (χ3v) is 3.43. The summed E-state index contributed by atoms with van der Waals surface area (Å²) in [6.45, 7) is 4.87. The highest BCUT2D eigenvalue weighted by molar-refractivity contribution is 5.84. The first-order valence-electron chi connectivity index (χ1n) is 6.81. The minimum atomic E-state index is -1.09. The molecule has 2 rings (SSSR count). The molecule has 1 heterocycles. The van der Waals surface area contributed by atoms with Gasteiger partial charge in [-0.3, -0.25) is 9.59 Å². The van der Waals surface area contributed by atoms with Crippen LogP contribution in [0.3, 0.4) is 0 Å². The van der Waals surface area contributed by atoms with Gasteiger partial charge in [0.15, 0.2) is 0 Å². The summed E-state index contributed by atoms with van der Waals surface area (Å²) in [6, 6.07) is 9.16. The second-order valence-electron chi connectivity index (χ2n) is 5.84. The van der Waals surface area contributed by atoms with E-state index in [2.05, 4.69) is 5.32 Å². The van der Waals surface area contributed by atoms with Crippen LogP contribution in [0.25, 0.3) is 11.0 Å². The van der Waals surface area contributed by atoms with Crippen LogP contribution in [0.2, 0.25) is 0 Å². The second kappa shape index (κ2) is 5.60. The number of amides is 1. The fraction of sp³-hybridized carbons (Fsp3) is 0.375. The van der Waals surface area contributed by atoms with E-state index in [4.69, 9.17) is 9.52 Å². The highest BCUT2D eigenvalue weighted by Gasteiger charge is 2.30. The Balaban J connectivity index is 2.05. The lowest BCUT2D eigenvalue weighted by Crippen LogP contribution is -2.34. The first kappa shape index (κ1) is 15.1. The van der Waals surface area contributed by atoms with Crippen LogP contribution < -0.4 is 5.32 Å². The minimum Gasteiger partial charge on any atom is -0.481 e. The number of fused-ring (bicyclic) bond motifs is 1. The highest BCUT2D eigenvalue weighted by atomic mass is 16.4. The molecule has 1 aromatic heterocycles. The third-order valence-electron chi connectivity index (χ3n) is 3.43. The molecule has 0 radical (unpaired) electrons. The summed E-state index contributed by atoms with van der Waals surface area (Å²) in [7, 11) is 0. The predicted octanol–water partition coefficient (Wildman–Crippen LogP) is 3.11. The standard InChI is InChI=1S/C16H19NO4/c1-10(17-14(18)9-16(2,3)15(19)20)13-8-11-6-4-5-7-12(11)21-13/h4-8,10H,9H2,1-3H3,(H,17,18)(H,19,20). The van der Waals surface area contributed by atoms with Gasteiger partial charge in [0, 0.05) is 11.8 Å². The molecule has 0 fully saturated rings. The Morgan fingerprint density at radius 1 is 1.33 bits per heavy atom. The molecule has 5 nitrogen and oxygen atoms in total. The molecule has 1 amide bonds. The van der Waals surface area contributed by atoms with Crippen molar-refractivity contribution in [2.75, 3.05) is 0 Å². The zero-order chi connectivity index (χ0) is 15.6. The number of hydrogen-bond donors (Lipinski definition) is 2. The van der Waals surface area contributed by atoms with Crippen molar-refractivity contribution in [3.8, 4) is 0 Å². The smallest absolute Gasteiger partial charge is 0.309 e. The van der Waals surface area contributed by atoms with Crippen molar-refractivity contribution in [1.82, 2.24) is 5.32 Å². The number of carboxylic acids is 1. The second-order valence-corrected chi connectivity index (χ2v) is 5.84. The molecule has 0 aliphatic heterocycles. The maximum Gasteiger partial charge on any atom is 0.309 e. The SMILES string of the molecule is CC(NC(=O)CC(C)(C)C(=O)O)c1cc2ccccc2o1. The first-order valence-corrected chi connectivity index (χ1v) is 6.81. The maximum absolute atomic E-state index is 11.9. The summed E-state index contributed by atoms with van der Waals surface area (Å²) < 4.78 is 5.68. The number of carbonyl (C=O) groups is 2. The lowest BCUT2D eigenvalue weighted by Gasteiger charge is -2.19. The van der Waals surface area contributed by atoms with E-state index >= 15 is 0 Å². The quantitative estimate of drug-likeness (QED) is 0.886. The number of hydrogen-bond acceptors (Lipinski definition) is 3. The Morgan fingerprint density at radius 3 is 2.62 bits per heavy atom. The van der Waals surface area contributed by atoms with E-state index < -0.39 is 11.4 Å². The van der Waals surface area contributed by atoms with Gasteiger partial charge in [0.2, 0.25) is 5.91 Å². The molecule has 21 heavy (non-hydrogen) atoms. The van der Waals surface area contributed by atoms with E-state index in [9.17, 15) is 9.59 Å². The third kappa shape index (κ3) is 3.42. The van der Waals surface area contributed by atoms with E-state index in [1.807, 2.05) is 37.3 Å². The van der Waals surface area contributed by atoms with Gasteiger partial charge in [-0.05, 0) is 32.9 Å². The van der Waals surface area contributed by atoms with Crippen molar-refractivity contribution in [3.05, 3.63) is 36.1 Å². The van der Waals surface area contributed by atoms with E-state index in [1.165, 1.54) is 13.8 Å². The van der Waals surface area contributed by atoms with Crippen LogP contribution in [0.1, 0.15) is 39.0 Å².